The highest BCUT2D eigenvalue weighted by Gasteiger charge is 2.46. The van der Waals surface area contributed by atoms with Crippen molar-refractivity contribution in [3.63, 3.8) is 0 Å². The summed E-state index contributed by atoms with van der Waals surface area (Å²) in [6, 6.07) is 0.333. The van der Waals surface area contributed by atoms with Crippen molar-refractivity contribution in [2.24, 2.45) is 5.73 Å². The molecule has 3 unspecified atom stereocenters. The number of aromatic nitrogens is 7. The molecule has 0 spiro atoms. The second kappa shape index (κ2) is 9.36. The number of hydrogen-bond donors (Lipinski definition) is 3. The molecular weight excluding hydrogens is 529 g/mol. The van der Waals surface area contributed by atoms with E-state index in [1.54, 1.807) is 0 Å². The van der Waals surface area contributed by atoms with Crippen LogP contribution in [-0.4, -0.2) is 69.6 Å². The van der Waals surface area contributed by atoms with Crippen LogP contribution in [0.15, 0.2) is 30.9 Å². The maximum absolute atomic E-state index is 13.1. The Hall–Kier alpha value is -4.40. The molecule has 2 aliphatic rings. The van der Waals surface area contributed by atoms with Crippen molar-refractivity contribution in [3.05, 3.63) is 53.6 Å². The lowest BCUT2D eigenvalue weighted by atomic mass is 9.85. The van der Waals surface area contributed by atoms with Crippen LogP contribution < -0.4 is 11.5 Å². The Kier molecular flexibility index (Phi) is 6.05. The van der Waals surface area contributed by atoms with Gasteiger partial charge in [0.05, 0.1) is 23.1 Å². The molecule has 2 fully saturated rings. The van der Waals surface area contributed by atoms with Gasteiger partial charge in [0.25, 0.3) is 5.91 Å². The first-order valence-electron chi connectivity index (χ1n) is 12.7. The number of ketones is 1. The van der Waals surface area contributed by atoms with Crippen molar-refractivity contribution in [1.29, 1.82) is 0 Å². The van der Waals surface area contributed by atoms with Crippen molar-refractivity contribution in [2.45, 2.75) is 62.8 Å². The summed E-state index contributed by atoms with van der Waals surface area (Å²) in [6.45, 7) is 1.41. The number of nitrogens with two attached hydrogens (primary N) is 2. The number of nitrogens with zero attached hydrogens (tertiary/aromatic N) is 7. The van der Waals surface area contributed by atoms with Gasteiger partial charge in [-0.3, -0.25) is 19.7 Å². The Morgan fingerprint density at radius 1 is 1.12 bits per heavy atom. The van der Waals surface area contributed by atoms with Gasteiger partial charge >= 0.3 is 6.18 Å². The predicted molar refractivity (Wildman–Crippen MR) is 135 cm³/mol. The molecule has 0 aromatic carbocycles. The number of carbonyl (C=O) groups is 2. The number of halogens is 3. The number of H-pyrrole nitrogens is 1. The van der Waals surface area contributed by atoms with E-state index < -0.39 is 12.2 Å². The molecule has 6 rings (SSSR count). The molecule has 3 atom stereocenters. The van der Waals surface area contributed by atoms with Crippen LogP contribution in [-0.2, 0) is 0 Å². The summed E-state index contributed by atoms with van der Waals surface area (Å²) in [5.41, 5.74) is 13.5. The van der Waals surface area contributed by atoms with Crippen molar-refractivity contribution >= 4 is 23.2 Å². The molecule has 5 N–H and O–H groups in total. The zero-order valence-electron chi connectivity index (χ0n) is 21.3. The lowest BCUT2D eigenvalue weighted by Gasteiger charge is -2.38. The summed E-state index contributed by atoms with van der Waals surface area (Å²) >= 11 is 0. The molecule has 4 aromatic rings. The molecule has 1 amide bonds. The number of fused-ring (bicyclic) bond motifs is 3. The number of nitrogen functional groups attached to an aromatic ring is 1. The fourth-order valence-electron chi connectivity index (χ4n) is 5.97. The topological polar surface area (TPSA) is 174 Å². The van der Waals surface area contributed by atoms with Gasteiger partial charge in [-0.15, -0.1) is 0 Å². The molecule has 12 nitrogen and oxygen atoms in total. The third kappa shape index (κ3) is 4.16. The quantitative estimate of drug-likeness (QED) is 0.313. The fraction of sp³-hybridized carbons (Fsp3) is 0.400. The van der Waals surface area contributed by atoms with E-state index in [9.17, 15) is 22.8 Å². The van der Waals surface area contributed by atoms with Crippen molar-refractivity contribution in [1.82, 2.24) is 39.7 Å². The summed E-state index contributed by atoms with van der Waals surface area (Å²) in [4.78, 5) is 40.5. The molecular formula is C25H25F3N10O2. The van der Waals surface area contributed by atoms with Gasteiger partial charge in [0, 0.05) is 35.3 Å². The largest absolute Gasteiger partial charge is 0.409 e. The summed E-state index contributed by atoms with van der Waals surface area (Å²) in [5, 5.41) is 10.7. The number of rotatable bonds is 5. The number of pyridine rings is 1. The van der Waals surface area contributed by atoms with Gasteiger partial charge < -0.3 is 16.4 Å². The van der Waals surface area contributed by atoms with Gasteiger partial charge in [0.2, 0.25) is 5.82 Å². The Bertz CT molecular complexity index is 1590. The first kappa shape index (κ1) is 25.9. The predicted octanol–water partition coefficient (Wildman–Crippen LogP) is 2.81. The Labute approximate surface area is 225 Å². The summed E-state index contributed by atoms with van der Waals surface area (Å²) in [6.07, 6.45) is 2.20. The van der Waals surface area contributed by atoms with Crippen LogP contribution in [0.25, 0.3) is 16.8 Å². The van der Waals surface area contributed by atoms with Crippen LogP contribution in [0.3, 0.4) is 0 Å². The molecule has 208 valence electrons. The smallest absolute Gasteiger partial charge is 0.383 e. The monoisotopic (exact) mass is 554 g/mol. The number of hydrogen-bond acceptors (Lipinski definition) is 9. The van der Waals surface area contributed by atoms with Crippen LogP contribution in [0.2, 0.25) is 0 Å². The van der Waals surface area contributed by atoms with E-state index in [0.717, 1.165) is 12.8 Å². The van der Waals surface area contributed by atoms with Crippen molar-refractivity contribution < 1.29 is 22.8 Å². The molecule has 6 heterocycles. The Morgan fingerprint density at radius 3 is 2.42 bits per heavy atom. The molecule has 2 aliphatic heterocycles. The van der Waals surface area contributed by atoms with Crippen LogP contribution in [0.1, 0.15) is 76.9 Å². The molecule has 15 heteroatoms. The normalized spacial score (nSPS) is 21.6. The minimum Gasteiger partial charge on any atom is -0.383 e. The number of piperidine rings is 1. The minimum atomic E-state index is -4.62. The van der Waals surface area contributed by atoms with Gasteiger partial charge in [-0.05, 0) is 38.7 Å². The van der Waals surface area contributed by atoms with Crippen LogP contribution >= 0.6 is 0 Å². The molecule has 0 radical (unpaired) electrons. The zero-order valence-corrected chi connectivity index (χ0v) is 21.3. The number of Topliss-reactive ketones (excluding diaryl/α,β-unsaturated/α-hetero) is 1. The SMILES string of the molecule is CC(=O)c1c(C2CC3CCC(C2)N3C(=O)c2ncn[nH]2)nc2c(-c3ccc(C(N)C(F)(F)F)nc3)cnn2c1N. The van der Waals surface area contributed by atoms with Gasteiger partial charge in [-0.1, -0.05) is 6.07 Å². The fourth-order valence-corrected chi connectivity index (χ4v) is 5.97. The zero-order chi connectivity index (χ0) is 28.3. The second-order valence-electron chi connectivity index (χ2n) is 10.2. The molecule has 0 aliphatic carbocycles. The second-order valence-corrected chi connectivity index (χ2v) is 10.2. The third-order valence-corrected chi connectivity index (χ3v) is 7.80. The van der Waals surface area contributed by atoms with E-state index in [2.05, 4.69) is 25.3 Å². The number of aromatic amines is 1. The average Bonchev–Trinajstić information content (AvgIpc) is 3.65. The van der Waals surface area contributed by atoms with E-state index in [0.29, 0.717) is 35.3 Å². The first-order valence-corrected chi connectivity index (χ1v) is 12.7. The first-order chi connectivity index (χ1) is 19.0. The lowest BCUT2D eigenvalue weighted by molar-refractivity contribution is -0.150. The van der Waals surface area contributed by atoms with E-state index >= 15 is 0 Å². The molecule has 2 saturated heterocycles. The minimum absolute atomic E-state index is 0.0700. The summed E-state index contributed by atoms with van der Waals surface area (Å²) in [5.74, 6) is -0.329. The highest BCUT2D eigenvalue weighted by molar-refractivity contribution is 6.00. The Morgan fingerprint density at radius 2 is 1.85 bits per heavy atom. The van der Waals surface area contributed by atoms with E-state index in [4.69, 9.17) is 16.5 Å². The maximum Gasteiger partial charge on any atom is 0.409 e. The van der Waals surface area contributed by atoms with Gasteiger partial charge in [-0.25, -0.2) is 9.97 Å². The maximum atomic E-state index is 13.1. The number of carbonyl (C=O) groups excluding carboxylic acids is 2. The van der Waals surface area contributed by atoms with Crippen LogP contribution in [0.5, 0.6) is 0 Å². The van der Waals surface area contributed by atoms with Crippen LogP contribution in [0.4, 0.5) is 19.0 Å². The van der Waals surface area contributed by atoms with Crippen molar-refractivity contribution in [2.75, 3.05) is 5.73 Å². The van der Waals surface area contributed by atoms with E-state index in [-0.39, 0.29) is 52.6 Å². The van der Waals surface area contributed by atoms with Gasteiger partial charge in [-0.2, -0.15) is 27.9 Å². The molecule has 4 aromatic heterocycles. The van der Waals surface area contributed by atoms with Gasteiger partial charge in [0.1, 0.15) is 18.2 Å². The summed E-state index contributed by atoms with van der Waals surface area (Å²) < 4.78 is 40.4. The molecule has 0 saturated carbocycles. The highest BCUT2D eigenvalue weighted by Crippen LogP contribution is 2.45. The summed E-state index contributed by atoms with van der Waals surface area (Å²) in [7, 11) is 0. The number of anilines is 1. The highest BCUT2D eigenvalue weighted by atomic mass is 19.4. The number of alkyl halides is 3. The number of nitrogens with one attached hydrogen (secondary N) is 1. The lowest BCUT2D eigenvalue weighted by Crippen LogP contribution is -2.46. The third-order valence-electron chi connectivity index (χ3n) is 7.80. The number of amides is 1. The van der Waals surface area contributed by atoms with Crippen molar-refractivity contribution in [3.8, 4) is 11.1 Å². The van der Waals surface area contributed by atoms with Crippen LogP contribution in [0, 0.1) is 0 Å². The standard InChI is InChI=1S/C25H25F3N10O2/c1-11(39)18-19(13-6-14-3-4-15(7-13)37(14)24(40)22-32-10-33-36-22)35-23-16(9-34-38(23)21(18)30)12-2-5-17(31-8-12)20(29)25(26,27)28/h2,5,8-10,13-15,20H,3-4,6-7,29-30H2,1H3,(H,32,33,36). The average molecular weight is 555 g/mol. The van der Waals surface area contributed by atoms with E-state index in [1.165, 1.54) is 42.3 Å². The molecule has 40 heavy (non-hydrogen) atoms. The van der Waals surface area contributed by atoms with Gasteiger partial charge in [0.15, 0.2) is 11.4 Å². The molecule has 2 bridgehead atoms. The van der Waals surface area contributed by atoms with E-state index in [1.807, 2.05) is 4.90 Å². The Balaban J connectivity index is 1.37.